The Labute approximate surface area is 212 Å². The molecule has 0 spiro atoms. The van der Waals surface area contributed by atoms with Crippen LogP contribution < -0.4 is 16.2 Å². The average Bonchev–Trinajstić information content (AvgIpc) is 2.74. The highest BCUT2D eigenvalue weighted by molar-refractivity contribution is 6.36. The molecule has 9 nitrogen and oxygen atoms in total. The van der Waals surface area contributed by atoms with Crippen LogP contribution in [-0.2, 0) is 0 Å². The van der Waals surface area contributed by atoms with Crippen molar-refractivity contribution in [2.75, 3.05) is 11.9 Å². The molecule has 3 amide bonds. The van der Waals surface area contributed by atoms with Gasteiger partial charge in [0.15, 0.2) is 0 Å². The standard InChI is InChI=1S/C24H27Cl2N5O4/c1-6-27-22(33)29-16-11-8-12-17(19(16)26)30-20(13(2)31(23(34)35)24(3,4)5)28-15-10-7-9-14(25)18(15)21(30)32/h7-13H,6H2,1-5H3,(H,34,35)(H2,27,29,33). The molecule has 0 bridgehead atoms. The number of aromatic nitrogens is 2. The molecule has 1 heterocycles. The Balaban J connectivity index is 2.36. The fourth-order valence-electron chi connectivity index (χ4n) is 3.99. The van der Waals surface area contributed by atoms with Gasteiger partial charge in [0.1, 0.15) is 5.82 Å². The summed E-state index contributed by atoms with van der Waals surface area (Å²) in [5, 5.41) is 15.7. The highest BCUT2D eigenvalue weighted by Gasteiger charge is 2.35. The van der Waals surface area contributed by atoms with Gasteiger partial charge in [0.25, 0.3) is 5.56 Å². The van der Waals surface area contributed by atoms with Gasteiger partial charge in [-0.3, -0.25) is 14.3 Å². The number of nitrogens with one attached hydrogen (secondary N) is 2. The van der Waals surface area contributed by atoms with Gasteiger partial charge < -0.3 is 15.7 Å². The molecule has 0 saturated heterocycles. The summed E-state index contributed by atoms with van der Waals surface area (Å²) in [6.07, 6.45) is -1.17. The molecule has 3 rings (SSSR count). The van der Waals surface area contributed by atoms with E-state index in [1.54, 1.807) is 71.0 Å². The zero-order valence-electron chi connectivity index (χ0n) is 20.0. The molecule has 0 radical (unpaired) electrons. The van der Waals surface area contributed by atoms with E-state index in [-0.39, 0.29) is 32.6 Å². The molecule has 0 fully saturated rings. The van der Waals surface area contributed by atoms with Crippen LogP contribution in [0, 0.1) is 0 Å². The van der Waals surface area contributed by atoms with E-state index in [0.29, 0.717) is 12.1 Å². The Bertz CT molecular complexity index is 1350. The molecule has 0 aliphatic carbocycles. The number of urea groups is 1. The Kier molecular flexibility index (Phi) is 7.62. The highest BCUT2D eigenvalue weighted by Crippen LogP contribution is 2.34. The number of hydrogen-bond acceptors (Lipinski definition) is 4. The molecule has 3 aromatic rings. The van der Waals surface area contributed by atoms with Gasteiger partial charge in [0.2, 0.25) is 0 Å². The molecule has 2 aromatic carbocycles. The van der Waals surface area contributed by atoms with Crippen LogP contribution in [0.4, 0.5) is 15.3 Å². The van der Waals surface area contributed by atoms with Gasteiger partial charge in [-0.05, 0) is 58.9 Å². The van der Waals surface area contributed by atoms with E-state index in [4.69, 9.17) is 23.2 Å². The van der Waals surface area contributed by atoms with Crippen LogP contribution in [0.25, 0.3) is 16.6 Å². The van der Waals surface area contributed by atoms with Crippen molar-refractivity contribution >= 4 is 51.9 Å². The van der Waals surface area contributed by atoms with Gasteiger partial charge in [-0.1, -0.05) is 35.3 Å². The van der Waals surface area contributed by atoms with Crippen LogP contribution in [0.15, 0.2) is 41.2 Å². The number of hydrogen-bond donors (Lipinski definition) is 3. The maximum Gasteiger partial charge on any atom is 0.408 e. The first-order valence-electron chi connectivity index (χ1n) is 11.0. The number of carbonyl (C=O) groups excluding carboxylic acids is 1. The number of benzene rings is 2. The molecule has 1 atom stereocenters. The zero-order valence-corrected chi connectivity index (χ0v) is 21.5. The lowest BCUT2D eigenvalue weighted by Gasteiger charge is -2.38. The summed E-state index contributed by atoms with van der Waals surface area (Å²) in [5.74, 6) is 0.152. The minimum atomic E-state index is -1.17. The van der Waals surface area contributed by atoms with E-state index in [1.165, 1.54) is 9.47 Å². The highest BCUT2D eigenvalue weighted by atomic mass is 35.5. The molecule has 0 aliphatic rings. The van der Waals surface area contributed by atoms with Crippen LogP contribution in [0.3, 0.4) is 0 Å². The topological polar surface area (TPSA) is 117 Å². The van der Waals surface area contributed by atoms with Crippen LogP contribution in [0.5, 0.6) is 0 Å². The van der Waals surface area contributed by atoms with E-state index in [1.807, 2.05) is 0 Å². The molecule has 0 saturated carbocycles. The summed E-state index contributed by atoms with van der Waals surface area (Å²) in [6, 6.07) is 8.38. The predicted molar refractivity (Wildman–Crippen MR) is 138 cm³/mol. The minimum Gasteiger partial charge on any atom is -0.465 e. The lowest BCUT2D eigenvalue weighted by molar-refractivity contribution is 0.0719. The quantitative estimate of drug-likeness (QED) is 0.401. The maximum atomic E-state index is 13.8. The molecule has 186 valence electrons. The summed E-state index contributed by atoms with van der Waals surface area (Å²) >= 11 is 13.0. The first-order valence-corrected chi connectivity index (χ1v) is 11.7. The van der Waals surface area contributed by atoms with E-state index in [2.05, 4.69) is 15.6 Å². The number of fused-ring (bicyclic) bond motifs is 1. The molecular weight excluding hydrogens is 493 g/mol. The van der Waals surface area contributed by atoms with Gasteiger partial charge in [0.05, 0.1) is 38.4 Å². The Morgan fingerprint density at radius 2 is 1.83 bits per heavy atom. The first kappa shape index (κ1) is 26.3. The van der Waals surface area contributed by atoms with E-state index >= 15 is 0 Å². The summed E-state index contributed by atoms with van der Waals surface area (Å²) in [6.45, 7) is 9.10. The van der Waals surface area contributed by atoms with Crippen molar-refractivity contribution in [1.29, 1.82) is 0 Å². The second-order valence-electron chi connectivity index (χ2n) is 8.87. The van der Waals surface area contributed by atoms with Crippen LogP contribution in [-0.4, -0.2) is 43.8 Å². The van der Waals surface area contributed by atoms with Crippen LogP contribution in [0.1, 0.15) is 46.5 Å². The normalized spacial score (nSPS) is 12.3. The average molecular weight is 520 g/mol. The SMILES string of the molecule is CCNC(=O)Nc1cccc(-n2c(C(C)N(C(=O)O)C(C)(C)C)nc3cccc(Cl)c3c2=O)c1Cl. The van der Waals surface area contributed by atoms with E-state index in [9.17, 15) is 19.5 Å². The molecule has 35 heavy (non-hydrogen) atoms. The number of nitrogens with zero attached hydrogens (tertiary/aromatic N) is 3. The van der Waals surface area contributed by atoms with Crippen LogP contribution >= 0.6 is 23.2 Å². The van der Waals surface area contributed by atoms with E-state index in [0.717, 1.165) is 0 Å². The number of anilines is 1. The summed E-state index contributed by atoms with van der Waals surface area (Å²) in [5.41, 5.74) is -0.499. The van der Waals surface area contributed by atoms with Crippen molar-refractivity contribution in [1.82, 2.24) is 19.8 Å². The van der Waals surface area contributed by atoms with Gasteiger partial charge in [0, 0.05) is 12.1 Å². The first-order chi connectivity index (χ1) is 16.4. The van der Waals surface area contributed by atoms with Crippen molar-refractivity contribution in [2.45, 2.75) is 46.2 Å². The van der Waals surface area contributed by atoms with Gasteiger partial charge in [-0.25, -0.2) is 14.6 Å². The van der Waals surface area contributed by atoms with Crippen LogP contribution in [0.2, 0.25) is 10.0 Å². The molecule has 0 aliphatic heterocycles. The smallest absolute Gasteiger partial charge is 0.408 e. The second-order valence-corrected chi connectivity index (χ2v) is 9.65. The van der Waals surface area contributed by atoms with Crippen molar-refractivity contribution < 1.29 is 14.7 Å². The van der Waals surface area contributed by atoms with Gasteiger partial charge >= 0.3 is 12.1 Å². The molecule has 3 N–H and O–H groups in total. The predicted octanol–water partition coefficient (Wildman–Crippen LogP) is 5.67. The van der Waals surface area contributed by atoms with Crippen molar-refractivity contribution in [3.8, 4) is 5.69 Å². The van der Waals surface area contributed by atoms with Crippen molar-refractivity contribution in [3.63, 3.8) is 0 Å². The second kappa shape index (κ2) is 10.1. The number of carbonyl (C=O) groups is 2. The fourth-order valence-corrected chi connectivity index (χ4v) is 4.49. The third-order valence-corrected chi connectivity index (χ3v) is 6.08. The van der Waals surface area contributed by atoms with Crippen molar-refractivity contribution in [3.05, 3.63) is 62.6 Å². The Morgan fingerprint density at radius 3 is 2.43 bits per heavy atom. The molecule has 1 unspecified atom stereocenters. The van der Waals surface area contributed by atoms with Gasteiger partial charge in [-0.2, -0.15) is 0 Å². The lowest BCUT2D eigenvalue weighted by Crippen LogP contribution is -2.47. The number of halogens is 2. The number of rotatable bonds is 5. The Hall–Kier alpha value is -3.30. The Morgan fingerprint density at radius 1 is 1.17 bits per heavy atom. The monoisotopic (exact) mass is 519 g/mol. The zero-order chi connectivity index (χ0) is 26.1. The number of carboxylic acid groups (broad SMARTS) is 1. The summed E-state index contributed by atoms with van der Waals surface area (Å²) in [7, 11) is 0. The number of amides is 3. The summed E-state index contributed by atoms with van der Waals surface area (Å²) < 4.78 is 1.26. The molecule has 1 aromatic heterocycles. The lowest BCUT2D eigenvalue weighted by atomic mass is 10.0. The van der Waals surface area contributed by atoms with E-state index < -0.39 is 29.3 Å². The third-order valence-electron chi connectivity index (χ3n) is 5.37. The third kappa shape index (κ3) is 5.21. The largest absolute Gasteiger partial charge is 0.465 e. The fraction of sp³-hybridized carbons (Fsp3) is 0.333. The maximum absolute atomic E-state index is 13.8. The minimum absolute atomic E-state index is 0.0835. The summed E-state index contributed by atoms with van der Waals surface area (Å²) in [4.78, 5) is 44.0. The molecule has 11 heteroatoms. The molecular formula is C24H27Cl2N5O4. The van der Waals surface area contributed by atoms with Crippen molar-refractivity contribution in [2.24, 2.45) is 0 Å². The van der Waals surface area contributed by atoms with Gasteiger partial charge in [-0.15, -0.1) is 0 Å².